The first-order chi connectivity index (χ1) is 16.0. The summed E-state index contributed by atoms with van der Waals surface area (Å²) < 4.78 is 15.8. The Labute approximate surface area is 194 Å². The fourth-order valence-corrected chi connectivity index (χ4v) is 4.72. The predicted molar refractivity (Wildman–Crippen MR) is 126 cm³/mol. The van der Waals surface area contributed by atoms with Crippen LogP contribution in [0, 0.1) is 11.7 Å². The first-order valence-electron chi connectivity index (χ1n) is 11.9. The van der Waals surface area contributed by atoms with Gasteiger partial charge in [0.05, 0.1) is 23.6 Å². The zero-order chi connectivity index (χ0) is 22.9. The van der Waals surface area contributed by atoms with Crippen LogP contribution in [0.1, 0.15) is 49.2 Å². The van der Waals surface area contributed by atoms with E-state index in [0.717, 1.165) is 49.3 Å². The predicted octanol–water partition coefficient (Wildman–Crippen LogP) is 4.72. The Morgan fingerprint density at radius 3 is 2.64 bits per heavy atom. The average molecular weight is 447 g/mol. The molecule has 172 valence electrons. The van der Waals surface area contributed by atoms with Crippen LogP contribution in [0.25, 0.3) is 5.69 Å². The maximum atomic E-state index is 13.7. The molecule has 0 bridgehead atoms. The molecule has 0 radical (unpaired) electrons. The number of carbonyl (C=O) groups is 1. The van der Waals surface area contributed by atoms with Gasteiger partial charge < -0.3 is 4.90 Å². The second-order valence-corrected chi connectivity index (χ2v) is 9.54. The van der Waals surface area contributed by atoms with Crippen LogP contribution in [0.5, 0.6) is 0 Å². The second-order valence-electron chi connectivity index (χ2n) is 9.54. The van der Waals surface area contributed by atoms with Crippen molar-refractivity contribution in [3.63, 3.8) is 0 Å². The summed E-state index contributed by atoms with van der Waals surface area (Å²) in [6.45, 7) is 7.02. The number of aromatic nitrogens is 2. The highest BCUT2D eigenvalue weighted by Gasteiger charge is 2.36. The van der Waals surface area contributed by atoms with Gasteiger partial charge in [-0.1, -0.05) is 30.3 Å². The van der Waals surface area contributed by atoms with Crippen molar-refractivity contribution in [2.45, 2.75) is 58.8 Å². The van der Waals surface area contributed by atoms with E-state index in [1.54, 1.807) is 12.1 Å². The molecule has 2 aliphatic rings. The lowest BCUT2D eigenvalue weighted by atomic mass is 10.0. The van der Waals surface area contributed by atoms with Gasteiger partial charge in [0, 0.05) is 43.6 Å². The summed E-state index contributed by atoms with van der Waals surface area (Å²) in [7, 11) is 0. The molecule has 1 aliphatic carbocycles. The van der Waals surface area contributed by atoms with Gasteiger partial charge in [0.2, 0.25) is 5.91 Å². The van der Waals surface area contributed by atoms with Gasteiger partial charge in [-0.2, -0.15) is 5.10 Å². The van der Waals surface area contributed by atoms with E-state index in [1.165, 1.54) is 17.3 Å². The summed E-state index contributed by atoms with van der Waals surface area (Å²) in [5.74, 6) is 0.235. The van der Waals surface area contributed by atoms with Crippen molar-refractivity contribution in [3.05, 3.63) is 82.9 Å². The highest BCUT2D eigenvalue weighted by molar-refractivity contribution is 5.81. The quantitative estimate of drug-likeness (QED) is 0.528. The van der Waals surface area contributed by atoms with Crippen molar-refractivity contribution in [1.82, 2.24) is 19.6 Å². The lowest BCUT2D eigenvalue weighted by Gasteiger charge is -2.29. The third-order valence-electron chi connectivity index (χ3n) is 6.67. The molecule has 1 amide bonds. The molecule has 2 aromatic carbocycles. The van der Waals surface area contributed by atoms with E-state index in [2.05, 4.69) is 35.6 Å². The number of hydrogen-bond acceptors (Lipinski definition) is 3. The van der Waals surface area contributed by atoms with Crippen LogP contribution in [0.3, 0.4) is 0 Å². The van der Waals surface area contributed by atoms with Crippen molar-refractivity contribution < 1.29 is 9.18 Å². The standard InChI is InChI=1S/C27H31FN4O/c1-19(2)31(27(33)21-11-12-21)18-25-24-17-30(16-20-7-6-8-22(28)15-20)14-13-26(24)32(29-25)23-9-4-3-5-10-23/h3-10,15,19,21H,11-14,16-18H2,1-2H3. The van der Waals surface area contributed by atoms with Gasteiger partial charge in [0.1, 0.15) is 5.82 Å². The van der Waals surface area contributed by atoms with E-state index in [9.17, 15) is 9.18 Å². The molecular weight excluding hydrogens is 415 g/mol. The Bertz CT molecular complexity index is 1140. The molecule has 2 heterocycles. The number of fused-ring (bicyclic) bond motifs is 1. The molecule has 1 aliphatic heterocycles. The number of halogens is 1. The normalized spacial score (nSPS) is 16.1. The molecule has 6 heteroatoms. The van der Waals surface area contributed by atoms with Crippen LogP contribution in [-0.4, -0.2) is 38.1 Å². The van der Waals surface area contributed by atoms with Crippen molar-refractivity contribution in [2.24, 2.45) is 5.92 Å². The van der Waals surface area contributed by atoms with Gasteiger partial charge in [0.15, 0.2) is 0 Å². The van der Waals surface area contributed by atoms with Gasteiger partial charge in [0.25, 0.3) is 0 Å². The van der Waals surface area contributed by atoms with E-state index in [0.29, 0.717) is 13.1 Å². The van der Waals surface area contributed by atoms with Crippen LogP contribution in [-0.2, 0) is 30.8 Å². The van der Waals surface area contributed by atoms with E-state index < -0.39 is 0 Å². The maximum absolute atomic E-state index is 13.7. The van der Waals surface area contributed by atoms with Crippen LogP contribution in [0.15, 0.2) is 54.6 Å². The van der Waals surface area contributed by atoms with Gasteiger partial charge >= 0.3 is 0 Å². The highest BCUT2D eigenvalue weighted by atomic mass is 19.1. The zero-order valence-corrected chi connectivity index (χ0v) is 19.4. The van der Waals surface area contributed by atoms with Crippen molar-refractivity contribution in [3.8, 4) is 5.69 Å². The van der Waals surface area contributed by atoms with E-state index in [4.69, 9.17) is 5.10 Å². The minimum absolute atomic E-state index is 0.127. The number of nitrogens with zero attached hydrogens (tertiary/aromatic N) is 4. The van der Waals surface area contributed by atoms with Gasteiger partial charge in [-0.05, 0) is 56.5 Å². The van der Waals surface area contributed by atoms with Gasteiger partial charge in [-0.3, -0.25) is 9.69 Å². The maximum Gasteiger partial charge on any atom is 0.226 e. The number of amides is 1. The Hall–Kier alpha value is -2.99. The van der Waals surface area contributed by atoms with E-state index in [-0.39, 0.29) is 23.7 Å². The molecule has 1 fully saturated rings. The number of para-hydroxylation sites is 1. The largest absolute Gasteiger partial charge is 0.334 e. The molecule has 33 heavy (non-hydrogen) atoms. The lowest BCUT2D eigenvalue weighted by molar-refractivity contribution is -0.135. The molecule has 5 rings (SSSR count). The van der Waals surface area contributed by atoms with Crippen LogP contribution < -0.4 is 0 Å². The molecule has 0 atom stereocenters. The molecule has 1 aromatic heterocycles. The smallest absolute Gasteiger partial charge is 0.226 e. The lowest BCUT2D eigenvalue weighted by Crippen LogP contribution is -2.38. The number of benzene rings is 2. The topological polar surface area (TPSA) is 41.4 Å². The summed E-state index contributed by atoms with van der Waals surface area (Å²) in [5.41, 5.74) is 5.41. The molecular formula is C27H31FN4O. The molecule has 0 spiro atoms. The third kappa shape index (κ3) is 4.71. The Morgan fingerprint density at radius 1 is 1.15 bits per heavy atom. The van der Waals surface area contributed by atoms with Gasteiger partial charge in [-0.15, -0.1) is 0 Å². The van der Waals surface area contributed by atoms with Crippen molar-refractivity contribution in [2.75, 3.05) is 6.54 Å². The number of carbonyl (C=O) groups excluding carboxylic acids is 1. The minimum atomic E-state index is -0.200. The Balaban J connectivity index is 1.47. The fraction of sp³-hybridized carbons (Fsp3) is 0.407. The fourth-order valence-electron chi connectivity index (χ4n) is 4.72. The first-order valence-corrected chi connectivity index (χ1v) is 11.9. The van der Waals surface area contributed by atoms with Crippen molar-refractivity contribution >= 4 is 5.91 Å². The third-order valence-corrected chi connectivity index (χ3v) is 6.67. The van der Waals surface area contributed by atoms with Crippen molar-refractivity contribution in [1.29, 1.82) is 0 Å². The van der Waals surface area contributed by atoms with E-state index >= 15 is 0 Å². The molecule has 0 N–H and O–H groups in total. The monoisotopic (exact) mass is 446 g/mol. The summed E-state index contributed by atoms with van der Waals surface area (Å²) in [4.78, 5) is 17.3. The second kappa shape index (κ2) is 9.10. The summed E-state index contributed by atoms with van der Waals surface area (Å²) >= 11 is 0. The Kier molecular flexibility index (Phi) is 6.02. The highest BCUT2D eigenvalue weighted by Crippen LogP contribution is 2.33. The summed E-state index contributed by atoms with van der Waals surface area (Å²) in [5, 5.41) is 5.04. The minimum Gasteiger partial charge on any atom is -0.334 e. The number of rotatable bonds is 7. The molecule has 1 saturated carbocycles. The average Bonchev–Trinajstić information content (AvgIpc) is 3.60. The summed E-state index contributed by atoms with van der Waals surface area (Å²) in [6, 6.07) is 17.2. The van der Waals surface area contributed by atoms with Crippen LogP contribution >= 0.6 is 0 Å². The summed E-state index contributed by atoms with van der Waals surface area (Å²) in [6.07, 6.45) is 2.87. The van der Waals surface area contributed by atoms with Crippen LogP contribution in [0.2, 0.25) is 0 Å². The van der Waals surface area contributed by atoms with E-state index in [1.807, 2.05) is 29.2 Å². The number of hydrogen-bond donors (Lipinski definition) is 0. The Morgan fingerprint density at radius 2 is 1.94 bits per heavy atom. The zero-order valence-electron chi connectivity index (χ0n) is 19.4. The molecule has 0 saturated heterocycles. The molecule has 3 aromatic rings. The van der Waals surface area contributed by atoms with Crippen LogP contribution in [0.4, 0.5) is 4.39 Å². The SMILES string of the molecule is CC(C)N(Cc1nn(-c2ccccc2)c2c1CN(Cc1cccc(F)c1)CC2)C(=O)C1CC1. The molecule has 0 unspecified atom stereocenters. The van der Waals surface area contributed by atoms with Gasteiger partial charge in [-0.25, -0.2) is 9.07 Å². The first kappa shape index (κ1) is 21.8. The molecule has 5 nitrogen and oxygen atoms in total.